The number of rotatable bonds is 11. The van der Waals surface area contributed by atoms with Crippen molar-refractivity contribution in [2.45, 2.75) is 39.3 Å². The summed E-state index contributed by atoms with van der Waals surface area (Å²) in [5.41, 5.74) is 6.25. The molecule has 0 aromatic heterocycles. The van der Waals surface area contributed by atoms with E-state index in [2.05, 4.69) is 17.6 Å². The Balaban J connectivity index is 0.00000165. The number of primary amides is 1. The van der Waals surface area contributed by atoms with Crippen LogP contribution in [0.1, 0.15) is 30.9 Å². The molecule has 8 nitrogen and oxygen atoms in total. The van der Waals surface area contributed by atoms with E-state index in [4.69, 9.17) is 4.74 Å². The van der Waals surface area contributed by atoms with Crippen LogP contribution in [0.25, 0.3) is 0 Å². The van der Waals surface area contributed by atoms with Gasteiger partial charge in [-0.2, -0.15) is 0 Å². The molecule has 154 valence electrons. The summed E-state index contributed by atoms with van der Waals surface area (Å²) in [5.74, 6) is 0.0129. The Labute approximate surface area is 165 Å². The lowest BCUT2D eigenvalue weighted by atomic mass is 10.0. The average molecular weight is 391 g/mol. The standard InChI is InChI=1S/C18H24N2O4.C2H5NO/c1-4-11-24-17-9-5-7-14(2)15(17)12-20(13-22)16(8-6-10-21)18(23)19-3;1-2(3)4/h4-5,7,9-10,13,16H,1,6,8,11-12H2,2-3H3,(H,19,23);1H3,(H2,3,4). The molecular formula is C20H29N3O5. The maximum absolute atomic E-state index is 12.1. The molecule has 1 aromatic carbocycles. The number of hydrogen-bond acceptors (Lipinski definition) is 5. The Morgan fingerprint density at radius 2 is 2.00 bits per heavy atom. The van der Waals surface area contributed by atoms with Crippen LogP contribution in [0.15, 0.2) is 30.9 Å². The molecular weight excluding hydrogens is 362 g/mol. The molecule has 0 saturated carbocycles. The van der Waals surface area contributed by atoms with Crippen molar-refractivity contribution in [1.29, 1.82) is 0 Å². The zero-order chi connectivity index (χ0) is 21.5. The highest BCUT2D eigenvalue weighted by Crippen LogP contribution is 2.25. The molecule has 0 saturated heterocycles. The Morgan fingerprint density at radius 3 is 2.50 bits per heavy atom. The van der Waals surface area contributed by atoms with Gasteiger partial charge in [0, 0.05) is 26.0 Å². The summed E-state index contributed by atoms with van der Waals surface area (Å²) >= 11 is 0. The number of likely N-dealkylation sites (N-methyl/N-ethyl adjacent to an activating group) is 1. The fraction of sp³-hybridized carbons (Fsp3) is 0.400. The Hall–Kier alpha value is -3.16. The highest BCUT2D eigenvalue weighted by Gasteiger charge is 2.25. The highest BCUT2D eigenvalue weighted by atomic mass is 16.5. The van der Waals surface area contributed by atoms with Gasteiger partial charge >= 0.3 is 0 Å². The Bertz CT molecular complexity index is 672. The van der Waals surface area contributed by atoms with Gasteiger partial charge in [0.15, 0.2) is 0 Å². The zero-order valence-electron chi connectivity index (χ0n) is 16.6. The van der Waals surface area contributed by atoms with E-state index in [1.807, 2.05) is 25.1 Å². The van der Waals surface area contributed by atoms with Crippen molar-refractivity contribution in [3.05, 3.63) is 42.0 Å². The van der Waals surface area contributed by atoms with Crippen LogP contribution in [0.3, 0.4) is 0 Å². The maximum atomic E-state index is 12.1. The summed E-state index contributed by atoms with van der Waals surface area (Å²) in [6, 6.07) is 4.89. The molecule has 0 radical (unpaired) electrons. The first-order chi connectivity index (χ1) is 13.3. The second-order valence-corrected chi connectivity index (χ2v) is 5.91. The number of ether oxygens (including phenoxy) is 1. The predicted molar refractivity (Wildman–Crippen MR) is 106 cm³/mol. The first kappa shape index (κ1) is 24.8. The number of carbonyl (C=O) groups is 4. The number of aryl methyl sites for hydroxylation is 1. The van der Waals surface area contributed by atoms with E-state index in [0.717, 1.165) is 17.4 Å². The Morgan fingerprint density at radius 1 is 1.36 bits per heavy atom. The van der Waals surface area contributed by atoms with E-state index in [9.17, 15) is 19.2 Å². The molecule has 0 spiro atoms. The Kier molecular flexibility index (Phi) is 12.4. The topological polar surface area (TPSA) is 119 Å². The molecule has 1 rings (SSSR count). The van der Waals surface area contributed by atoms with E-state index in [1.54, 1.807) is 6.08 Å². The average Bonchev–Trinajstić information content (AvgIpc) is 2.66. The summed E-state index contributed by atoms with van der Waals surface area (Å²) in [5, 5.41) is 2.54. The van der Waals surface area contributed by atoms with Gasteiger partial charge in [0.1, 0.15) is 24.7 Å². The lowest BCUT2D eigenvalue weighted by molar-refractivity contribution is -0.133. The summed E-state index contributed by atoms with van der Waals surface area (Å²) < 4.78 is 5.64. The van der Waals surface area contributed by atoms with Gasteiger partial charge in [-0.15, -0.1) is 0 Å². The quantitative estimate of drug-likeness (QED) is 0.432. The van der Waals surface area contributed by atoms with Crippen molar-refractivity contribution >= 4 is 24.5 Å². The number of hydrogen-bond donors (Lipinski definition) is 2. The molecule has 0 aliphatic rings. The number of aldehydes is 1. The van der Waals surface area contributed by atoms with Crippen LogP contribution in [0.2, 0.25) is 0 Å². The van der Waals surface area contributed by atoms with E-state index in [0.29, 0.717) is 18.8 Å². The highest BCUT2D eigenvalue weighted by molar-refractivity contribution is 5.83. The van der Waals surface area contributed by atoms with Gasteiger partial charge in [-0.25, -0.2) is 0 Å². The van der Waals surface area contributed by atoms with Gasteiger partial charge < -0.3 is 25.5 Å². The third kappa shape index (κ3) is 8.98. The summed E-state index contributed by atoms with van der Waals surface area (Å²) in [4.78, 5) is 44.9. The lowest BCUT2D eigenvalue weighted by Gasteiger charge is -2.28. The van der Waals surface area contributed by atoms with Crippen molar-refractivity contribution in [2.24, 2.45) is 5.73 Å². The number of amides is 3. The molecule has 0 aliphatic heterocycles. The SMILES string of the molecule is C=CCOc1cccc(C)c1CN(C=O)C(CCC=O)C(=O)NC.CC(N)=O. The summed E-state index contributed by atoms with van der Waals surface area (Å²) in [7, 11) is 1.51. The molecule has 3 amide bonds. The van der Waals surface area contributed by atoms with E-state index in [1.165, 1.54) is 18.9 Å². The molecule has 0 fully saturated rings. The fourth-order valence-electron chi connectivity index (χ4n) is 2.41. The molecule has 1 atom stereocenters. The maximum Gasteiger partial charge on any atom is 0.242 e. The van der Waals surface area contributed by atoms with Crippen LogP contribution < -0.4 is 15.8 Å². The van der Waals surface area contributed by atoms with Crippen molar-refractivity contribution in [3.8, 4) is 5.75 Å². The van der Waals surface area contributed by atoms with Gasteiger partial charge in [-0.3, -0.25) is 14.4 Å². The van der Waals surface area contributed by atoms with Crippen LogP contribution >= 0.6 is 0 Å². The van der Waals surface area contributed by atoms with Crippen molar-refractivity contribution in [3.63, 3.8) is 0 Å². The van der Waals surface area contributed by atoms with Crippen molar-refractivity contribution in [2.75, 3.05) is 13.7 Å². The predicted octanol–water partition coefficient (Wildman–Crippen LogP) is 1.10. The van der Waals surface area contributed by atoms with Gasteiger partial charge in [-0.05, 0) is 25.0 Å². The number of nitrogens with one attached hydrogen (secondary N) is 1. The van der Waals surface area contributed by atoms with Gasteiger partial charge in [0.05, 0.1) is 6.54 Å². The van der Waals surface area contributed by atoms with Crippen molar-refractivity contribution in [1.82, 2.24) is 10.2 Å². The monoisotopic (exact) mass is 391 g/mol. The minimum atomic E-state index is -0.704. The van der Waals surface area contributed by atoms with E-state index >= 15 is 0 Å². The van der Waals surface area contributed by atoms with Crippen LogP contribution in [0, 0.1) is 6.92 Å². The smallest absolute Gasteiger partial charge is 0.242 e. The minimum Gasteiger partial charge on any atom is -0.489 e. The van der Waals surface area contributed by atoms with E-state index < -0.39 is 6.04 Å². The minimum absolute atomic E-state index is 0.204. The number of carbonyl (C=O) groups excluding carboxylic acids is 4. The molecule has 1 unspecified atom stereocenters. The fourth-order valence-corrected chi connectivity index (χ4v) is 2.41. The van der Waals surface area contributed by atoms with Gasteiger partial charge in [0.25, 0.3) is 0 Å². The molecule has 0 bridgehead atoms. The number of nitrogens with two attached hydrogens (primary N) is 1. The van der Waals surface area contributed by atoms with Crippen molar-refractivity contribution < 1.29 is 23.9 Å². The third-order valence-electron chi connectivity index (χ3n) is 3.71. The zero-order valence-corrected chi connectivity index (χ0v) is 16.6. The largest absolute Gasteiger partial charge is 0.489 e. The first-order valence-corrected chi connectivity index (χ1v) is 8.76. The second-order valence-electron chi connectivity index (χ2n) is 5.91. The lowest BCUT2D eigenvalue weighted by Crippen LogP contribution is -2.45. The molecule has 28 heavy (non-hydrogen) atoms. The van der Waals surface area contributed by atoms with Crippen LogP contribution in [0.4, 0.5) is 0 Å². The molecule has 8 heteroatoms. The second kappa shape index (κ2) is 14.0. The molecule has 1 aromatic rings. The van der Waals surface area contributed by atoms with Gasteiger partial charge in [-0.1, -0.05) is 24.8 Å². The number of nitrogens with zero attached hydrogens (tertiary/aromatic N) is 1. The normalized spacial score (nSPS) is 10.5. The number of benzene rings is 1. The van der Waals surface area contributed by atoms with Crippen LogP contribution in [0.5, 0.6) is 5.75 Å². The molecule has 3 N–H and O–H groups in total. The van der Waals surface area contributed by atoms with Crippen LogP contribution in [-0.2, 0) is 25.7 Å². The summed E-state index contributed by atoms with van der Waals surface area (Å²) in [6.45, 7) is 7.42. The third-order valence-corrected chi connectivity index (χ3v) is 3.71. The van der Waals surface area contributed by atoms with E-state index in [-0.39, 0.29) is 31.2 Å². The summed E-state index contributed by atoms with van der Waals surface area (Å²) in [6.07, 6.45) is 3.49. The van der Waals surface area contributed by atoms with Gasteiger partial charge in [0.2, 0.25) is 18.2 Å². The molecule has 0 heterocycles. The van der Waals surface area contributed by atoms with Crippen LogP contribution in [-0.4, -0.2) is 49.1 Å². The first-order valence-electron chi connectivity index (χ1n) is 8.76. The molecule has 0 aliphatic carbocycles.